The maximum atomic E-state index is 13.2. The molecule has 1 aromatic carbocycles. The molecule has 4 heterocycles. The van der Waals surface area contributed by atoms with Crippen LogP contribution in [-0.4, -0.2) is 80.3 Å². The summed E-state index contributed by atoms with van der Waals surface area (Å²) in [5, 5.41) is 0. The Kier molecular flexibility index (Phi) is 5.08. The van der Waals surface area contributed by atoms with E-state index < -0.39 is 0 Å². The Bertz CT molecular complexity index is 929. The molecule has 8 nitrogen and oxygen atoms in total. The van der Waals surface area contributed by atoms with E-state index in [0.29, 0.717) is 19.8 Å². The van der Waals surface area contributed by atoms with Crippen LogP contribution in [-0.2, 0) is 6.54 Å². The molecule has 0 spiro atoms. The van der Waals surface area contributed by atoms with Gasteiger partial charge in [0.15, 0.2) is 11.5 Å². The lowest BCUT2D eigenvalue weighted by molar-refractivity contribution is 0.138. The van der Waals surface area contributed by atoms with Gasteiger partial charge in [-0.05, 0) is 23.8 Å². The molecule has 2 amide bonds. The van der Waals surface area contributed by atoms with E-state index in [0.717, 1.165) is 62.1 Å². The van der Waals surface area contributed by atoms with E-state index in [1.54, 1.807) is 12.4 Å². The number of fused-ring (bicyclic) bond motifs is 2. The number of aromatic nitrogens is 1. The van der Waals surface area contributed by atoms with Crippen LogP contribution in [0.3, 0.4) is 0 Å². The summed E-state index contributed by atoms with van der Waals surface area (Å²) in [5.74, 6) is 1.65. The molecule has 0 unspecified atom stereocenters. The Morgan fingerprint density at radius 2 is 1.77 bits per heavy atom. The summed E-state index contributed by atoms with van der Waals surface area (Å²) in [7, 11) is 2.05. The van der Waals surface area contributed by atoms with Gasteiger partial charge in [0, 0.05) is 59.1 Å². The van der Waals surface area contributed by atoms with Crippen molar-refractivity contribution >= 4 is 17.4 Å². The first kappa shape index (κ1) is 19.0. The monoisotopic (exact) mass is 409 g/mol. The minimum Gasteiger partial charge on any atom is -0.486 e. The third kappa shape index (κ3) is 3.63. The van der Waals surface area contributed by atoms with Gasteiger partial charge >= 0.3 is 6.03 Å². The van der Waals surface area contributed by atoms with Gasteiger partial charge in [-0.15, -0.1) is 0 Å². The van der Waals surface area contributed by atoms with Crippen molar-refractivity contribution in [2.45, 2.75) is 6.54 Å². The van der Waals surface area contributed by atoms with Crippen LogP contribution < -0.4 is 19.3 Å². The average molecular weight is 409 g/mol. The molecule has 1 fully saturated rings. The topological polar surface area (TPSA) is 61.4 Å². The number of benzene rings is 1. The predicted octanol–water partition coefficient (Wildman–Crippen LogP) is 2.05. The van der Waals surface area contributed by atoms with Crippen LogP contribution in [0.15, 0.2) is 36.7 Å². The first-order chi connectivity index (χ1) is 14.7. The number of urea groups is 1. The minimum atomic E-state index is 0.0799. The zero-order chi connectivity index (χ0) is 20.5. The largest absolute Gasteiger partial charge is 0.486 e. The molecular formula is C22H27N5O3. The third-order valence-electron chi connectivity index (χ3n) is 6.03. The van der Waals surface area contributed by atoms with E-state index in [-0.39, 0.29) is 6.03 Å². The molecular weight excluding hydrogens is 382 g/mol. The van der Waals surface area contributed by atoms with E-state index in [1.165, 1.54) is 5.56 Å². The summed E-state index contributed by atoms with van der Waals surface area (Å²) in [4.78, 5) is 25.8. The van der Waals surface area contributed by atoms with Gasteiger partial charge in [-0.3, -0.25) is 14.8 Å². The standard InChI is InChI=1S/C22H27N5O3/c1-24-6-11-27(19-15-23-5-4-18(19)24)22(28)26-9-7-25(8-10-26)16-17-2-3-20-21(14-17)30-13-12-29-20/h2-5,14-15H,6-13,16H2,1H3. The highest BCUT2D eigenvalue weighted by Crippen LogP contribution is 2.32. The normalized spacial score (nSPS) is 18.9. The molecule has 30 heavy (non-hydrogen) atoms. The third-order valence-corrected chi connectivity index (χ3v) is 6.03. The van der Waals surface area contributed by atoms with Gasteiger partial charge in [0.1, 0.15) is 13.2 Å². The maximum Gasteiger partial charge on any atom is 0.324 e. The molecule has 3 aliphatic heterocycles. The van der Waals surface area contributed by atoms with Crippen LogP contribution in [0.4, 0.5) is 16.2 Å². The highest BCUT2D eigenvalue weighted by atomic mass is 16.6. The SMILES string of the molecule is CN1CCN(C(=O)N2CCN(Cc3ccc4c(c3)OCCO4)CC2)c2cnccc21. The highest BCUT2D eigenvalue weighted by molar-refractivity contribution is 5.96. The van der Waals surface area contributed by atoms with Crippen LogP contribution in [0.1, 0.15) is 5.56 Å². The summed E-state index contributed by atoms with van der Waals surface area (Å²) in [6.45, 7) is 6.73. The van der Waals surface area contributed by atoms with Gasteiger partial charge in [0.2, 0.25) is 0 Å². The second-order valence-corrected chi connectivity index (χ2v) is 7.96. The fraction of sp³-hybridized carbons (Fsp3) is 0.455. The van der Waals surface area contributed by atoms with Crippen molar-refractivity contribution < 1.29 is 14.3 Å². The number of ether oxygens (including phenoxy) is 2. The molecule has 0 atom stereocenters. The number of anilines is 2. The molecule has 5 rings (SSSR count). The van der Waals surface area contributed by atoms with E-state index in [1.807, 2.05) is 21.9 Å². The van der Waals surface area contributed by atoms with E-state index in [2.05, 4.69) is 34.0 Å². The van der Waals surface area contributed by atoms with Crippen molar-refractivity contribution in [2.75, 3.05) is 69.3 Å². The molecule has 2 aromatic rings. The minimum absolute atomic E-state index is 0.0799. The number of amides is 2. The van der Waals surface area contributed by atoms with Crippen molar-refractivity contribution in [3.63, 3.8) is 0 Å². The number of hydrogen-bond donors (Lipinski definition) is 0. The summed E-state index contributed by atoms with van der Waals surface area (Å²) in [6.07, 6.45) is 3.57. The number of nitrogens with zero attached hydrogens (tertiary/aromatic N) is 5. The zero-order valence-corrected chi connectivity index (χ0v) is 17.3. The van der Waals surface area contributed by atoms with Crippen LogP contribution in [0, 0.1) is 0 Å². The van der Waals surface area contributed by atoms with Crippen molar-refractivity contribution in [3.8, 4) is 11.5 Å². The van der Waals surface area contributed by atoms with Crippen LogP contribution in [0.25, 0.3) is 0 Å². The van der Waals surface area contributed by atoms with E-state index >= 15 is 0 Å². The summed E-state index contributed by atoms with van der Waals surface area (Å²) in [5.41, 5.74) is 3.16. The Morgan fingerprint density at radius 1 is 0.967 bits per heavy atom. The van der Waals surface area contributed by atoms with Crippen molar-refractivity contribution in [3.05, 3.63) is 42.2 Å². The summed E-state index contributed by atoms with van der Waals surface area (Å²) < 4.78 is 11.3. The van der Waals surface area contributed by atoms with Gasteiger partial charge in [0.25, 0.3) is 0 Å². The van der Waals surface area contributed by atoms with E-state index in [4.69, 9.17) is 9.47 Å². The van der Waals surface area contributed by atoms with Crippen molar-refractivity contribution in [1.29, 1.82) is 0 Å². The lowest BCUT2D eigenvalue weighted by atomic mass is 10.1. The van der Waals surface area contributed by atoms with Crippen LogP contribution in [0.5, 0.6) is 11.5 Å². The van der Waals surface area contributed by atoms with Gasteiger partial charge in [0.05, 0.1) is 17.6 Å². The number of hydrogen-bond acceptors (Lipinski definition) is 6. The second kappa shape index (κ2) is 8.02. The summed E-state index contributed by atoms with van der Waals surface area (Å²) >= 11 is 0. The number of pyridine rings is 1. The molecule has 8 heteroatoms. The first-order valence-corrected chi connectivity index (χ1v) is 10.5. The number of rotatable bonds is 2. The fourth-order valence-corrected chi connectivity index (χ4v) is 4.31. The molecule has 0 N–H and O–H groups in total. The molecule has 1 saturated heterocycles. The van der Waals surface area contributed by atoms with Gasteiger partial charge < -0.3 is 19.3 Å². The average Bonchev–Trinajstić information content (AvgIpc) is 2.80. The van der Waals surface area contributed by atoms with Gasteiger partial charge in [-0.1, -0.05) is 6.07 Å². The lowest BCUT2D eigenvalue weighted by Crippen LogP contribution is -2.54. The molecule has 0 bridgehead atoms. The molecule has 0 aliphatic carbocycles. The molecule has 1 aromatic heterocycles. The quantitative estimate of drug-likeness (QED) is 0.757. The number of carbonyl (C=O) groups excluding carboxylic acids is 1. The number of likely N-dealkylation sites (N-methyl/N-ethyl adjacent to an activating group) is 1. The molecule has 3 aliphatic rings. The Balaban J connectivity index is 1.20. The van der Waals surface area contributed by atoms with Crippen LogP contribution in [0.2, 0.25) is 0 Å². The maximum absolute atomic E-state index is 13.2. The molecule has 0 saturated carbocycles. The Hall–Kier alpha value is -3.00. The first-order valence-electron chi connectivity index (χ1n) is 10.5. The van der Waals surface area contributed by atoms with Crippen molar-refractivity contribution in [2.24, 2.45) is 0 Å². The van der Waals surface area contributed by atoms with E-state index in [9.17, 15) is 4.79 Å². The van der Waals surface area contributed by atoms with Gasteiger partial charge in [-0.2, -0.15) is 0 Å². The smallest absolute Gasteiger partial charge is 0.324 e. The van der Waals surface area contributed by atoms with Crippen molar-refractivity contribution in [1.82, 2.24) is 14.8 Å². The summed E-state index contributed by atoms with van der Waals surface area (Å²) in [6, 6.07) is 8.21. The number of carbonyl (C=O) groups is 1. The number of piperazine rings is 1. The molecule has 158 valence electrons. The highest BCUT2D eigenvalue weighted by Gasteiger charge is 2.30. The predicted molar refractivity (Wildman–Crippen MR) is 115 cm³/mol. The zero-order valence-electron chi connectivity index (χ0n) is 17.3. The van der Waals surface area contributed by atoms with Crippen LogP contribution >= 0.6 is 0 Å². The Labute approximate surface area is 176 Å². The second-order valence-electron chi connectivity index (χ2n) is 7.96. The fourth-order valence-electron chi connectivity index (χ4n) is 4.31. The lowest BCUT2D eigenvalue weighted by Gasteiger charge is -2.40. The van der Waals surface area contributed by atoms with Gasteiger partial charge in [-0.25, -0.2) is 4.79 Å². The Morgan fingerprint density at radius 3 is 2.60 bits per heavy atom. The molecule has 0 radical (unpaired) electrons.